The van der Waals surface area contributed by atoms with Crippen LogP contribution >= 0.6 is 0 Å². The third kappa shape index (κ3) is 22.5. The van der Waals surface area contributed by atoms with Crippen molar-refractivity contribution in [3.05, 3.63) is 34.9 Å². The van der Waals surface area contributed by atoms with Gasteiger partial charge in [-0.25, -0.2) is 29.6 Å². The number of ether oxygens (including phenoxy) is 3. The van der Waals surface area contributed by atoms with Gasteiger partial charge < -0.3 is 30.2 Å². The number of cyclic esters (lactones) is 3. The smallest absolute Gasteiger partial charge is 0.328 e. The van der Waals surface area contributed by atoms with Gasteiger partial charge in [0.25, 0.3) is 17.7 Å². The number of hydrogen-bond donors (Lipinski definition) is 6. The summed E-state index contributed by atoms with van der Waals surface area (Å²) < 4.78 is 15.9. The zero-order valence-electron chi connectivity index (χ0n) is 35.2. The summed E-state index contributed by atoms with van der Waals surface area (Å²) in [4.78, 5) is 111. The Hall–Kier alpha value is -5.67. The lowest BCUT2D eigenvalue weighted by Gasteiger charge is -2.19. The van der Waals surface area contributed by atoms with Crippen LogP contribution in [-0.2, 0) is 57.4 Å². The molecular weight excluding hydrogens is 792 g/mol. The zero-order valence-corrected chi connectivity index (χ0v) is 35.2. The molecule has 0 aromatic heterocycles. The molecule has 0 aromatic carbocycles. The molecule has 3 atom stereocenters. The Bertz CT molecular complexity index is 1440. The number of hydroxylamine groups is 6. The maximum atomic E-state index is 12.8. The first-order chi connectivity index (χ1) is 28.2. The van der Waals surface area contributed by atoms with Gasteiger partial charge >= 0.3 is 17.9 Å². The average molecular weight is 853 g/mol. The fourth-order valence-corrected chi connectivity index (χ4v) is 5.46. The molecule has 0 radical (unpaired) electrons. The van der Waals surface area contributed by atoms with Crippen molar-refractivity contribution in [2.24, 2.45) is 0 Å². The van der Waals surface area contributed by atoms with Crippen molar-refractivity contribution in [1.82, 2.24) is 31.1 Å². The Morgan fingerprint density at radius 3 is 0.950 bits per heavy atom. The van der Waals surface area contributed by atoms with Crippen LogP contribution in [0, 0.1) is 0 Å². The first kappa shape index (κ1) is 52.3. The number of rotatable bonds is 3. The van der Waals surface area contributed by atoms with Gasteiger partial charge in [0.1, 0.15) is 18.1 Å². The number of carbonyl (C=O) groups excluding carboxylic acids is 9. The van der Waals surface area contributed by atoms with Gasteiger partial charge in [-0.1, -0.05) is 16.7 Å². The van der Waals surface area contributed by atoms with Crippen molar-refractivity contribution >= 4 is 53.4 Å². The molecule has 0 aromatic rings. The largest absolute Gasteiger partial charge is 0.464 e. The van der Waals surface area contributed by atoms with E-state index in [-0.39, 0.29) is 97.2 Å². The normalized spacial score (nSPS) is 24.9. The molecule has 336 valence electrons. The maximum Gasteiger partial charge on any atom is 0.328 e. The highest BCUT2D eigenvalue weighted by atomic mass is 16.5. The molecular formula is C39H60N6O15. The monoisotopic (exact) mass is 852 g/mol. The van der Waals surface area contributed by atoms with Crippen molar-refractivity contribution in [3.63, 3.8) is 0 Å². The molecule has 1 aliphatic heterocycles. The molecule has 1 rings (SSSR count). The first-order valence-corrected chi connectivity index (χ1v) is 19.5. The van der Waals surface area contributed by atoms with Crippen molar-refractivity contribution in [3.8, 4) is 0 Å². The van der Waals surface area contributed by atoms with Crippen LogP contribution in [0.3, 0.4) is 0 Å². The van der Waals surface area contributed by atoms with E-state index >= 15 is 0 Å². The molecule has 1 heterocycles. The minimum absolute atomic E-state index is 0.00642. The van der Waals surface area contributed by atoms with Crippen LogP contribution in [0.1, 0.15) is 99.3 Å². The molecule has 0 saturated heterocycles. The first-order valence-electron chi connectivity index (χ1n) is 19.5. The number of carbonyl (C=O) groups is 9. The number of nitrogens with one attached hydrogen (secondary N) is 3. The maximum absolute atomic E-state index is 12.8. The molecule has 21 heteroatoms. The van der Waals surface area contributed by atoms with Crippen LogP contribution in [0.25, 0.3) is 0 Å². The highest BCUT2D eigenvalue weighted by Crippen LogP contribution is 2.11. The number of hydrogen-bond acceptors (Lipinski definition) is 15. The van der Waals surface area contributed by atoms with E-state index in [1.54, 1.807) is 20.8 Å². The Morgan fingerprint density at radius 2 is 0.733 bits per heavy atom. The van der Waals surface area contributed by atoms with E-state index in [0.29, 0.717) is 31.9 Å². The number of amides is 6. The SMILES string of the molecule is CC(=O)N[C@H]1CCCN(O)C(=O)/C=C(/C)CCOC(=O)[C@@H](NC(C)=O)CCCN(O)C(=O)/C=C(/C)CCOC(=O)[C@@H](NC(C)=O)CCCN(O)C(=O)/C=C(/C)CCOC1=O. The van der Waals surface area contributed by atoms with Gasteiger partial charge in [0.2, 0.25) is 17.7 Å². The van der Waals surface area contributed by atoms with Crippen LogP contribution < -0.4 is 16.0 Å². The van der Waals surface area contributed by atoms with E-state index in [0.717, 1.165) is 18.2 Å². The molecule has 0 unspecified atom stereocenters. The summed E-state index contributed by atoms with van der Waals surface area (Å²) in [5.41, 5.74) is 1.32. The number of esters is 3. The zero-order chi connectivity index (χ0) is 45.4. The molecule has 0 fully saturated rings. The summed E-state index contributed by atoms with van der Waals surface area (Å²) in [5, 5.41) is 39.6. The van der Waals surface area contributed by atoms with E-state index in [1.165, 1.54) is 20.8 Å². The Labute approximate surface area is 349 Å². The third-order valence-corrected chi connectivity index (χ3v) is 8.67. The van der Waals surface area contributed by atoms with Crippen LogP contribution in [0.4, 0.5) is 0 Å². The summed E-state index contributed by atoms with van der Waals surface area (Å²) in [6, 6.07) is -3.33. The Morgan fingerprint density at radius 1 is 0.500 bits per heavy atom. The van der Waals surface area contributed by atoms with Crippen LogP contribution in [0.5, 0.6) is 0 Å². The molecule has 6 amide bonds. The molecule has 6 N–H and O–H groups in total. The van der Waals surface area contributed by atoms with E-state index in [9.17, 15) is 58.8 Å². The summed E-state index contributed by atoms with van der Waals surface area (Å²) in [5.74, 6) is -6.32. The van der Waals surface area contributed by atoms with E-state index in [2.05, 4.69) is 16.0 Å². The van der Waals surface area contributed by atoms with E-state index in [4.69, 9.17) is 14.2 Å². The number of nitrogens with zero attached hydrogens (tertiary/aromatic N) is 3. The fourth-order valence-electron chi connectivity index (χ4n) is 5.46. The summed E-state index contributed by atoms with van der Waals surface area (Å²) in [7, 11) is 0. The summed E-state index contributed by atoms with van der Waals surface area (Å²) in [6.45, 7) is 7.11. The topological polar surface area (TPSA) is 288 Å². The predicted molar refractivity (Wildman–Crippen MR) is 209 cm³/mol. The predicted octanol–water partition coefficient (Wildman–Crippen LogP) is 1.15. The minimum Gasteiger partial charge on any atom is -0.464 e. The fraction of sp³-hybridized carbons (Fsp3) is 0.615. The third-order valence-electron chi connectivity index (χ3n) is 8.67. The second kappa shape index (κ2) is 27.9. The van der Waals surface area contributed by atoms with Gasteiger partial charge in [0, 0.05) is 77.9 Å². The molecule has 0 saturated carbocycles. The van der Waals surface area contributed by atoms with Gasteiger partial charge in [-0.2, -0.15) is 0 Å². The summed E-state index contributed by atoms with van der Waals surface area (Å²) >= 11 is 0. The second-order valence-corrected chi connectivity index (χ2v) is 14.3. The van der Waals surface area contributed by atoms with Gasteiger partial charge in [-0.3, -0.25) is 44.4 Å². The van der Waals surface area contributed by atoms with Crippen LogP contribution in [0.2, 0.25) is 0 Å². The van der Waals surface area contributed by atoms with Crippen LogP contribution in [0.15, 0.2) is 34.9 Å². The lowest BCUT2D eigenvalue weighted by Crippen LogP contribution is -2.41. The summed E-state index contributed by atoms with van der Waals surface area (Å²) in [6.07, 6.45) is 3.86. The van der Waals surface area contributed by atoms with Crippen LogP contribution in [-0.4, -0.2) is 142 Å². The Balaban J connectivity index is 3.15. The lowest BCUT2D eigenvalue weighted by atomic mass is 10.1. The second-order valence-electron chi connectivity index (χ2n) is 14.3. The molecule has 21 nitrogen and oxygen atoms in total. The lowest BCUT2D eigenvalue weighted by molar-refractivity contribution is -0.160. The molecule has 0 aliphatic carbocycles. The van der Waals surface area contributed by atoms with Crippen molar-refractivity contribution < 1.29 is 73.0 Å². The molecule has 60 heavy (non-hydrogen) atoms. The minimum atomic E-state index is -1.11. The highest BCUT2D eigenvalue weighted by Gasteiger charge is 2.25. The van der Waals surface area contributed by atoms with Crippen molar-refractivity contribution in [1.29, 1.82) is 0 Å². The van der Waals surface area contributed by atoms with Gasteiger partial charge in [0.15, 0.2) is 0 Å². The van der Waals surface area contributed by atoms with Crippen molar-refractivity contribution in [2.75, 3.05) is 39.5 Å². The standard InChI is InChI=1S/C39H60N6O15/c1-25-13-19-58-37(52)31(40-28(4)46)11-8-17-44(56)35(50)23-27(3)15-21-60-39(54)33(42-30(6)48)12-9-18-45(57)36(51)24-26(2)14-20-59-38(53)32(41-29(5)47)10-7-16-43(55)34(49)22-25/h22-24,31-33,55-57H,7-21H2,1-6H3,(H,40,46)(H,41,47)(H,42,48)/b25-22-,26-24-,27-23-/t31-,32-,33-/m0/s1. The molecule has 0 bridgehead atoms. The van der Waals surface area contributed by atoms with Gasteiger partial charge in [0.05, 0.1) is 19.8 Å². The van der Waals surface area contributed by atoms with Gasteiger partial charge in [-0.05, 0) is 59.3 Å². The molecule has 0 spiro atoms. The highest BCUT2D eigenvalue weighted by molar-refractivity contribution is 5.89. The van der Waals surface area contributed by atoms with E-state index in [1.807, 2.05) is 0 Å². The molecule has 1 aliphatic rings. The van der Waals surface area contributed by atoms with Gasteiger partial charge in [-0.15, -0.1) is 0 Å². The Kier molecular flexibility index (Phi) is 24.4. The van der Waals surface area contributed by atoms with E-state index < -0.39 is 71.5 Å². The average Bonchev–Trinajstić information content (AvgIpc) is 3.15. The van der Waals surface area contributed by atoms with Crippen molar-refractivity contribution in [2.45, 2.75) is 117 Å². The quantitative estimate of drug-likeness (QED) is 0.132.